The molecule has 2 heterocycles. The Labute approximate surface area is 175 Å². The van der Waals surface area contributed by atoms with Crippen LogP contribution in [0.4, 0.5) is 0 Å². The van der Waals surface area contributed by atoms with Crippen LogP contribution < -0.4 is 4.74 Å². The van der Waals surface area contributed by atoms with Crippen LogP contribution in [-0.4, -0.2) is 40.4 Å². The van der Waals surface area contributed by atoms with E-state index in [0.29, 0.717) is 0 Å². The predicted octanol–water partition coefficient (Wildman–Crippen LogP) is 5.36. The third-order valence-corrected chi connectivity index (χ3v) is 6.83. The molecule has 2 aliphatic rings. The second kappa shape index (κ2) is 9.99. The first-order valence-corrected chi connectivity index (χ1v) is 11.9. The SMILES string of the molecule is CCCCOc1ccc2c(c1)c(CN1CCC(O)CC1)cn2CC1CCCCC1. The molecule has 1 aromatic heterocycles. The number of likely N-dealkylation sites (tertiary alicyclic amines) is 1. The minimum Gasteiger partial charge on any atom is -0.494 e. The van der Waals surface area contributed by atoms with Gasteiger partial charge in [0, 0.05) is 43.3 Å². The summed E-state index contributed by atoms with van der Waals surface area (Å²) in [5, 5.41) is 11.2. The molecule has 0 amide bonds. The molecule has 2 fully saturated rings. The van der Waals surface area contributed by atoms with Gasteiger partial charge in [0.15, 0.2) is 0 Å². The van der Waals surface area contributed by atoms with Gasteiger partial charge in [0.25, 0.3) is 0 Å². The number of fused-ring (bicyclic) bond motifs is 1. The minimum absolute atomic E-state index is 0.113. The zero-order valence-electron chi connectivity index (χ0n) is 18.1. The van der Waals surface area contributed by atoms with E-state index in [1.165, 1.54) is 48.6 Å². The van der Waals surface area contributed by atoms with Crippen molar-refractivity contribution in [3.63, 3.8) is 0 Å². The van der Waals surface area contributed by atoms with Crippen molar-refractivity contribution in [2.45, 2.75) is 83.9 Å². The lowest BCUT2D eigenvalue weighted by atomic mass is 9.89. The summed E-state index contributed by atoms with van der Waals surface area (Å²) >= 11 is 0. The third-order valence-electron chi connectivity index (χ3n) is 6.83. The number of benzene rings is 1. The van der Waals surface area contributed by atoms with Crippen molar-refractivity contribution in [2.24, 2.45) is 5.92 Å². The van der Waals surface area contributed by atoms with Crippen molar-refractivity contribution in [1.29, 1.82) is 0 Å². The Bertz CT molecular complexity index is 770. The van der Waals surface area contributed by atoms with Crippen LogP contribution in [0.1, 0.15) is 70.3 Å². The van der Waals surface area contributed by atoms with Gasteiger partial charge >= 0.3 is 0 Å². The fourth-order valence-electron chi connectivity index (χ4n) is 5.02. The third kappa shape index (κ3) is 5.35. The normalized spacial score (nSPS) is 19.8. The average Bonchev–Trinajstić information content (AvgIpc) is 3.07. The highest BCUT2D eigenvalue weighted by Crippen LogP contribution is 2.31. The summed E-state index contributed by atoms with van der Waals surface area (Å²) in [6, 6.07) is 6.68. The highest BCUT2D eigenvalue weighted by Gasteiger charge is 2.21. The standard InChI is InChI=1S/C25H38N2O2/c1-2-3-15-29-23-9-10-25-24(16-23)21(18-26-13-11-22(28)12-14-26)19-27(25)17-20-7-5-4-6-8-20/h9-10,16,19-20,22,28H,2-8,11-15,17-18H2,1H3. The first-order chi connectivity index (χ1) is 14.2. The van der Waals surface area contributed by atoms with Crippen LogP contribution in [0.2, 0.25) is 0 Å². The quantitative estimate of drug-likeness (QED) is 0.609. The van der Waals surface area contributed by atoms with Crippen molar-refractivity contribution in [2.75, 3.05) is 19.7 Å². The first kappa shape index (κ1) is 20.7. The Morgan fingerprint density at radius 3 is 2.62 bits per heavy atom. The van der Waals surface area contributed by atoms with Crippen LogP contribution in [-0.2, 0) is 13.1 Å². The Hall–Kier alpha value is -1.52. The number of rotatable bonds is 8. The lowest BCUT2D eigenvalue weighted by Crippen LogP contribution is -2.35. The molecule has 0 bridgehead atoms. The molecule has 4 heteroatoms. The Kier molecular flexibility index (Phi) is 7.15. The largest absolute Gasteiger partial charge is 0.494 e. The summed E-state index contributed by atoms with van der Waals surface area (Å²) in [6.07, 6.45) is 13.3. The zero-order chi connectivity index (χ0) is 20.1. The number of nitrogens with zero attached hydrogens (tertiary/aromatic N) is 2. The number of hydrogen-bond acceptors (Lipinski definition) is 3. The topological polar surface area (TPSA) is 37.6 Å². The Morgan fingerprint density at radius 1 is 1.07 bits per heavy atom. The molecule has 1 aliphatic heterocycles. The molecule has 160 valence electrons. The van der Waals surface area contributed by atoms with E-state index in [4.69, 9.17) is 4.74 Å². The van der Waals surface area contributed by atoms with E-state index >= 15 is 0 Å². The summed E-state index contributed by atoms with van der Waals surface area (Å²) in [5.41, 5.74) is 2.76. The molecule has 29 heavy (non-hydrogen) atoms. The van der Waals surface area contributed by atoms with Gasteiger partial charge in [0.2, 0.25) is 0 Å². The van der Waals surface area contributed by atoms with E-state index in [1.54, 1.807) is 0 Å². The minimum atomic E-state index is -0.113. The summed E-state index contributed by atoms with van der Waals surface area (Å²) in [4.78, 5) is 2.50. The van der Waals surface area contributed by atoms with Crippen LogP contribution >= 0.6 is 0 Å². The molecule has 2 aromatic rings. The Balaban J connectivity index is 1.56. The van der Waals surface area contributed by atoms with Gasteiger partial charge in [-0.2, -0.15) is 0 Å². The van der Waals surface area contributed by atoms with Gasteiger partial charge in [0.1, 0.15) is 5.75 Å². The fraction of sp³-hybridized carbons (Fsp3) is 0.680. The van der Waals surface area contributed by atoms with E-state index in [0.717, 1.165) is 70.1 Å². The Morgan fingerprint density at radius 2 is 1.86 bits per heavy atom. The van der Waals surface area contributed by atoms with Crippen LogP contribution in [0.5, 0.6) is 5.75 Å². The second-order valence-corrected chi connectivity index (χ2v) is 9.20. The van der Waals surface area contributed by atoms with Crippen molar-refractivity contribution in [1.82, 2.24) is 9.47 Å². The average molecular weight is 399 g/mol. The molecule has 0 spiro atoms. The molecular formula is C25H38N2O2. The van der Waals surface area contributed by atoms with Gasteiger partial charge in [-0.25, -0.2) is 0 Å². The number of aromatic nitrogens is 1. The number of hydrogen-bond donors (Lipinski definition) is 1. The lowest BCUT2D eigenvalue weighted by molar-refractivity contribution is 0.0794. The monoisotopic (exact) mass is 398 g/mol. The van der Waals surface area contributed by atoms with Crippen molar-refractivity contribution in [3.8, 4) is 5.75 Å². The van der Waals surface area contributed by atoms with E-state index in [-0.39, 0.29) is 6.10 Å². The molecule has 0 atom stereocenters. The van der Waals surface area contributed by atoms with E-state index in [9.17, 15) is 5.11 Å². The number of unbranched alkanes of at least 4 members (excludes halogenated alkanes) is 1. The number of aliphatic hydroxyl groups is 1. The second-order valence-electron chi connectivity index (χ2n) is 9.20. The van der Waals surface area contributed by atoms with E-state index in [2.05, 4.69) is 40.8 Å². The van der Waals surface area contributed by atoms with Crippen molar-refractivity contribution < 1.29 is 9.84 Å². The van der Waals surface area contributed by atoms with Gasteiger partial charge in [0.05, 0.1) is 12.7 Å². The number of piperidine rings is 1. The summed E-state index contributed by atoms with van der Waals surface area (Å²) in [5.74, 6) is 1.81. The maximum Gasteiger partial charge on any atom is 0.120 e. The molecule has 1 aromatic carbocycles. The van der Waals surface area contributed by atoms with Crippen LogP contribution in [0, 0.1) is 5.92 Å². The van der Waals surface area contributed by atoms with E-state index in [1.807, 2.05) is 0 Å². The highest BCUT2D eigenvalue weighted by molar-refractivity contribution is 5.85. The fourth-order valence-corrected chi connectivity index (χ4v) is 5.02. The molecule has 1 saturated heterocycles. The number of aliphatic hydroxyl groups excluding tert-OH is 1. The van der Waals surface area contributed by atoms with Gasteiger partial charge in [-0.3, -0.25) is 4.90 Å². The molecule has 4 rings (SSSR count). The predicted molar refractivity (Wildman–Crippen MR) is 119 cm³/mol. The molecule has 4 nitrogen and oxygen atoms in total. The molecule has 1 N–H and O–H groups in total. The van der Waals surface area contributed by atoms with Crippen molar-refractivity contribution >= 4 is 10.9 Å². The van der Waals surface area contributed by atoms with Crippen LogP contribution in [0.3, 0.4) is 0 Å². The molecule has 0 radical (unpaired) electrons. The zero-order valence-corrected chi connectivity index (χ0v) is 18.1. The lowest BCUT2D eigenvalue weighted by Gasteiger charge is -2.29. The van der Waals surface area contributed by atoms with Gasteiger partial charge in [-0.1, -0.05) is 32.6 Å². The number of ether oxygens (including phenoxy) is 1. The highest BCUT2D eigenvalue weighted by atomic mass is 16.5. The molecule has 1 aliphatic carbocycles. The molecule has 0 unspecified atom stereocenters. The smallest absolute Gasteiger partial charge is 0.120 e. The summed E-state index contributed by atoms with van der Waals surface area (Å²) in [7, 11) is 0. The molecular weight excluding hydrogens is 360 g/mol. The van der Waals surface area contributed by atoms with Crippen LogP contribution in [0.25, 0.3) is 10.9 Å². The van der Waals surface area contributed by atoms with Crippen LogP contribution in [0.15, 0.2) is 24.4 Å². The summed E-state index contributed by atoms with van der Waals surface area (Å²) < 4.78 is 8.53. The van der Waals surface area contributed by atoms with Gasteiger partial charge in [-0.05, 0) is 61.8 Å². The molecule has 1 saturated carbocycles. The van der Waals surface area contributed by atoms with Gasteiger partial charge < -0.3 is 14.4 Å². The van der Waals surface area contributed by atoms with E-state index < -0.39 is 0 Å². The maximum absolute atomic E-state index is 9.84. The first-order valence-electron chi connectivity index (χ1n) is 11.9. The van der Waals surface area contributed by atoms with Crippen molar-refractivity contribution in [3.05, 3.63) is 30.0 Å². The maximum atomic E-state index is 9.84. The summed E-state index contributed by atoms with van der Waals surface area (Å²) in [6.45, 7) is 7.09. The van der Waals surface area contributed by atoms with Gasteiger partial charge in [-0.15, -0.1) is 0 Å².